The van der Waals surface area contributed by atoms with E-state index >= 15 is 0 Å². The summed E-state index contributed by atoms with van der Waals surface area (Å²) in [4.78, 5) is 56.0. The van der Waals surface area contributed by atoms with Gasteiger partial charge in [0, 0.05) is 18.9 Å². The average Bonchev–Trinajstić information content (AvgIpc) is 2.98. The number of nitrogens with one attached hydrogen (secondary N) is 2. The summed E-state index contributed by atoms with van der Waals surface area (Å²) in [7, 11) is 0. The van der Waals surface area contributed by atoms with Gasteiger partial charge in [-0.1, -0.05) is 91.4 Å². The molecule has 0 saturated carbocycles. The lowest BCUT2D eigenvalue weighted by Crippen LogP contribution is -2.54. The molecule has 0 radical (unpaired) electrons. The minimum absolute atomic E-state index is 0.0771. The molecule has 0 fully saturated rings. The SMILES string of the molecule is C#CN(C(=O)C(Cc1ccccc1)NC(=O)OC(C)(C)C)C(C(=O)NC(Cc1ccccc1)C(=O)OC(C)(C)C)c1ccccc1C. The number of benzene rings is 3. The second-order valence-electron chi connectivity index (χ2n) is 13.3. The van der Waals surface area contributed by atoms with Crippen molar-refractivity contribution in [1.82, 2.24) is 15.5 Å². The number of hydrogen-bond donors (Lipinski definition) is 2. The van der Waals surface area contributed by atoms with E-state index in [0.29, 0.717) is 11.1 Å². The van der Waals surface area contributed by atoms with Gasteiger partial charge in [-0.3, -0.25) is 14.5 Å². The van der Waals surface area contributed by atoms with Crippen LogP contribution < -0.4 is 10.6 Å². The lowest BCUT2D eigenvalue weighted by Gasteiger charge is -2.32. The molecule has 3 rings (SSSR count). The van der Waals surface area contributed by atoms with Gasteiger partial charge in [0.1, 0.15) is 29.3 Å². The summed E-state index contributed by atoms with van der Waals surface area (Å²) in [5.41, 5.74) is 1.06. The highest BCUT2D eigenvalue weighted by Gasteiger charge is 2.38. The maximum absolute atomic E-state index is 14.4. The smallest absolute Gasteiger partial charge is 0.408 e. The summed E-state index contributed by atoms with van der Waals surface area (Å²) in [5.74, 6) is -2.03. The fourth-order valence-corrected chi connectivity index (χ4v) is 4.89. The Hall–Kier alpha value is -5.10. The number of aryl methyl sites for hydroxylation is 1. The van der Waals surface area contributed by atoms with E-state index in [0.717, 1.165) is 16.0 Å². The Morgan fingerprint density at radius 2 is 1.21 bits per heavy atom. The van der Waals surface area contributed by atoms with E-state index in [9.17, 15) is 19.2 Å². The minimum Gasteiger partial charge on any atom is -0.458 e. The van der Waals surface area contributed by atoms with Crippen LogP contribution in [-0.2, 0) is 36.7 Å². The first-order valence-electron chi connectivity index (χ1n) is 15.5. The molecule has 47 heavy (non-hydrogen) atoms. The first-order chi connectivity index (χ1) is 22.1. The predicted molar refractivity (Wildman–Crippen MR) is 181 cm³/mol. The van der Waals surface area contributed by atoms with Gasteiger partial charge in [0.25, 0.3) is 5.91 Å². The van der Waals surface area contributed by atoms with E-state index in [1.54, 1.807) is 72.7 Å². The molecule has 0 saturated heterocycles. The van der Waals surface area contributed by atoms with Crippen molar-refractivity contribution in [3.8, 4) is 12.5 Å². The molecule has 0 bridgehead atoms. The Bertz CT molecular complexity index is 1570. The first kappa shape index (κ1) is 36.4. The molecule has 9 nitrogen and oxygen atoms in total. The molecule has 3 atom stereocenters. The van der Waals surface area contributed by atoms with Gasteiger partial charge in [-0.15, -0.1) is 0 Å². The van der Waals surface area contributed by atoms with Gasteiger partial charge in [0.05, 0.1) is 0 Å². The van der Waals surface area contributed by atoms with E-state index in [4.69, 9.17) is 15.9 Å². The second-order valence-corrected chi connectivity index (χ2v) is 13.3. The molecule has 0 aromatic heterocycles. The van der Waals surface area contributed by atoms with Crippen molar-refractivity contribution in [1.29, 1.82) is 0 Å². The zero-order valence-corrected chi connectivity index (χ0v) is 28.2. The van der Waals surface area contributed by atoms with Crippen LogP contribution in [0.3, 0.4) is 0 Å². The van der Waals surface area contributed by atoms with Gasteiger partial charge in [-0.2, -0.15) is 0 Å². The molecule has 0 spiro atoms. The summed E-state index contributed by atoms with van der Waals surface area (Å²) in [5, 5.41) is 5.49. The van der Waals surface area contributed by atoms with E-state index in [1.165, 1.54) is 0 Å². The van der Waals surface area contributed by atoms with Crippen LogP contribution in [0.2, 0.25) is 0 Å². The number of ether oxygens (including phenoxy) is 2. The lowest BCUT2D eigenvalue weighted by atomic mass is 9.96. The third-order valence-electron chi connectivity index (χ3n) is 6.93. The van der Waals surface area contributed by atoms with Crippen molar-refractivity contribution >= 4 is 23.9 Å². The van der Waals surface area contributed by atoms with Crippen LogP contribution in [0.5, 0.6) is 0 Å². The second kappa shape index (κ2) is 15.9. The summed E-state index contributed by atoms with van der Waals surface area (Å²) in [6, 6.07) is 24.1. The molecular formula is C38H45N3O6. The third kappa shape index (κ3) is 11.3. The van der Waals surface area contributed by atoms with Crippen LogP contribution in [0.1, 0.15) is 69.8 Å². The largest absolute Gasteiger partial charge is 0.458 e. The molecule has 3 aromatic rings. The van der Waals surface area contributed by atoms with Gasteiger partial charge in [0.15, 0.2) is 0 Å². The van der Waals surface area contributed by atoms with Gasteiger partial charge >= 0.3 is 12.1 Å². The number of terminal acetylenes is 1. The van der Waals surface area contributed by atoms with Crippen LogP contribution in [-0.4, -0.2) is 52.1 Å². The molecule has 0 aliphatic carbocycles. The molecule has 248 valence electrons. The Morgan fingerprint density at radius 1 is 0.723 bits per heavy atom. The molecule has 3 aromatic carbocycles. The number of amides is 3. The van der Waals surface area contributed by atoms with Gasteiger partial charge in [-0.05, 0) is 70.7 Å². The average molecular weight is 640 g/mol. The number of alkyl carbamates (subject to hydrolysis) is 1. The van der Waals surface area contributed by atoms with E-state index in [2.05, 4.69) is 16.7 Å². The van der Waals surface area contributed by atoms with Gasteiger partial charge < -0.3 is 20.1 Å². The minimum atomic E-state index is -1.35. The quantitative estimate of drug-likeness (QED) is 0.159. The summed E-state index contributed by atoms with van der Waals surface area (Å²) in [6.45, 7) is 12.2. The first-order valence-corrected chi connectivity index (χ1v) is 15.5. The maximum atomic E-state index is 14.4. The van der Waals surface area contributed by atoms with E-state index in [1.807, 2.05) is 60.7 Å². The van der Waals surface area contributed by atoms with Crippen molar-refractivity contribution < 1.29 is 28.7 Å². The summed E-state index contributed by atoms with van der Waals surface area (Å²) in [6.07, 6.45) is 5.41. The monoisotopic (exact) mass is 639 g/mol. The molecule has 3 amide bonds. The molecule has 0 aliphatic rings. The Balaban J connectivity index is 2.05. The van der Waals surface area contributed by atoms with Crippen molar-refractivity contribution in [3.05, 3.63) is 107 Å². The standard InChI is InChI=1S/C38H45N3O6/c1-9-41(34(43)30(24-27-19-12-10-13-20-27)40-36(45)47-38(6,7)8)32(29-23-17-16-18-26(29)2)33(42)39-31(35(44)46-37(3,4)5)25-28-21-14-11-15-22-28/h1,10-23,30-32H,24-25H2,2-8H3,(H,39,42)(H,40,45). The highest BCUT2D eigenvalue weighted by molar-refractivity contribution is 5.95. The van der Waals surface area contributed by atoms with E-state index in [-0.39, 0.29) is 12.8 Å². The van der Waals surface area contributed by atoms with Crippen LogP contribution in [0.4, 0.5) is 4.79 Å². The number of hydrogen-bond acceptors (Lipinski definition) is 6. The zero-order chi connectivity index (χ0) is 34.8. The van der Waals surface area contributed by atoms with Crippen LogP contribution in [0.15, 0.2) is 84.9 Å². The van der Waals surface area contributed by atoms with Crippen molar-refractivity contribution in [2.24, 2.45) is 0 Å². The van der Waals surface area contributed by atoms with Crippen LogP contribution in [0.25, 0.3) is 0 Å². The predicted octanol–water partition coefficient (Wildman–Crippen LogP) is 5.66. The van der Waals surface area contributed by atoms with Crippen LogP contribution in [0, 0.1) is 19.4 Å². The lowest BCUT2D eigenvalue weighted by molar-refractivity contribution is -0.159. The van der Waals surface area contributed by atoms with Gasteiger partial charge in [-0.25, -0.2) is 9.59 Å². The topological polar surface area (TPSA) is 114 Å². The third-order valence-corrected chi connectivity index (χ3v) is 6.93. The normalized spacial score (nSPS) is 13.2. The Morgan fingerprint density at radius 3 is 1.70 bits per heavy atom. The summed E-state index contributed by atoms with van der Waals surface area (Å²) < 4.78 is 11.1. The van der Waals surface area contributed by atoms with E-state index < -0.39 is 53.2 Å². The molecular weight excluding hydrogens is 594 g/mol. The number of esters is 1. The highest BCUT2D eigenvalue weighted by atomic mass is 16.6. The number of rotatable bonds is 11. The molecule has 9 heteroatoms. The van der Waals surface area contributed by atoms with Crippen LogP contribution >= 0.6 is 0 Å². The molecule has 3 unspecified atom stereocenters. The van der Waals surface area contributed by atoms with Crippen molar-refractivity contribution in [2.75, 3.05) is 0 Å². The fraction of sp³-hybridized carbons (Fsp3) is 0.368. The maximum Gasteiger partial charge on any atom is 0.408 e. The van der Waals surface area contributed by atoms with Crippen molar-refractivity contribution in [2.45, 2.75) is 90.6 Å². The molecule has 2 N–H and O–H groups in total. The number of carbonyl (C=O) groups excluding carboxylic acids is 4. The number of carbonyl (C=O) groups is 4. The van der Waals surface area contributed by atoms with Gasteiger partial charge in [0.2, 0.25) is 5.91 Å². The fourth-order valence-electron chi connectivity index (χ4n) is 4.89. The zero-order valence-electron chi connectivity index (χ0n) is 28.2. The Kier molecular flexibility index (Phi) is 12.3. The summed E-state index contributed by atoms with van der Waals surface area (Å²) >= 11 is 0. The van der Waals surface area contributed by atoms with Crippen molar-refractivity contribution in [3.63, 3.8) is 0 Å². The number of nitrogens with zero attached hydrogens (tertiary/aromatic N) is 1. The molecule has 0 heterocycles. The molecule has 0 aliphatic heterocycles. The Labute approximate surface area is 278 Å². The highest BCUT2D eigenvalue weighted by Crippen LogP contribution is 2.26.